The average Bonchev–Trinajstić information content (AvgIpc) is 2.59. The summed E-state index contributed by atoms with van der Waals surface area (Å²) in [5, 5.41) is 5.43. The molecule has 6 heteroatoms. The van der Waals surface area contributed by atoms with E-state index in [1.54, 1.807) is 0 Å². The third kappa shape index (κ3) is 4.26. The molecule has 0 spiro atoms. The Labute approximate surface area is 118 Å². The maximum atomic E-state index is 12.0. The van der Waals surface area contributed by atoms with Gasteiger partial charge in [0.15, 0.2) is 5.13 Å². The van der Waals surface area contributed by atoms with Gasteiger partial charge in [0, 0.05) is 18.5 Å². The van der Waals surface area contributed by atoms with Crippen LogP contribution in [0.2, 0.25) is 0 Å². The van der Waals surface area contributed by atoms with Crippen LogP contribution >= 0.6 is 11.3 Å². The van der Waals surface area contributed by atoms with Crippen molar-refractivity contribution in [2.24, 2.45) is 0 Å². The van der Waals surface area contributed by atoms with Crippen molar-refractivity contribution in [3.63, 3.8) is 0 Å². The number of carbonyl (C=O) groups is 1. The van der Waals surface area contributed by atoms with E-state index in [9.17, 15) is 4.79 Å². The van der Waals surface area contributed by atoms with Gasteiger partial charge in [0.05, 0.1) is 23.9 Å². The lowest BCUT2D eigenvalue weighted by Gasteiger charge is -2.41. The molecule has 1 N–H and O–H groups in total. The quantitative estimate of drug-likeness (QED) is 0.920. The highest BCUT2D eigenvalue weighted by atomic mass is 32.1. The van der Waals surface area contributed by atoms with Crippen LogP contribution in [0.25, 0.3) is 0 Å². The number of hydrogen-bond donors (Lipinski definition) is 1. The Bertz CT molecular complexity index is 458. The molecule has 1 aliphatic heterocycles. The van der Waals surface area contributed by atoms with Crippen molar-refractivity contribution in [1.29, 1.82) is 0 Å². The van der Waals surface area contributed by atoms with Crippen LogP contribution in [0.3, 0.4) is 0 Å². The monoisotopic (exact) mass is 283 g/mol. The van der Waals surface area contributed by atoms with Gasteiger partial charge in [-0.25, -0.2) is 4.98 Å². The largest absolute Gasteiger partial charge is 0.370 e. The van der Waals surface area contributed by atoms with Crippen LogP contribution in [0.5, 0.6) is 0 Å². The van der Waals surface area contributed by atoms with Crippen LogP contribution in [0.1, 0.15) is 26.5 Å². The van der Waals surface area contributed by atoms with E-state index in [0.717, 1.165) is 18.8 Å². The number of amides is 1. The Kier molecular flexibility index (Phi) is 4.23. The van der Waals surface area contributed by atoms with Crippen LogP contribution in [0, 0.1) is 6.92 Å². The third-order valence-corrected chi connectivity index (χ3v) is 3.75. The molecule has 1 unspecified atom stereocenters. The molecule has 0 aliphatic carbocycles. The van der Waals surface area contributed by atoms with Crippen LogP contribution in [-0.2, 0) is 9.53 Å². The van der Waals surface area contributed by atoms with Crippen LogP contribution in [-0.4, -0.2) is 47.1 Å². The van der Waals surface area contributed by atoms with Gasteiger partial charge >= 0.3 is 0 Å². The Morgan fingerprint density at radius 1 is 1.68 bits per heavy atom. The molecule has 0 bridgehead atoms. The van der Waals surface area contributed by atoms with E-state index >= 15 is 0 Å². The van der Waals surface area contributed by atoms with E-state index in [0.29, 0.717) is 11.7 Å². The van der Waals surface area contributed by atoms with Crippen LogP contribution in [0.4, 0.5) is 5.13 Å². The lowest BCUT2D eigenvalue weighted by atomic mass is 10.1. The van der Waals surface area contributed by atoms with Crippen LogP contribution in [0.15, 0.2) is 5.38 Å². The average molecular weight is 283 g/mol. The molecular formula is C13H21N3O2S. The van der Waals surface area contributed by atoms with Crippen molar-refractivity contribution < 1.29 is 9.53 Å². The van der Waals surface area contributed by atoms with Gasteiger partial charge in [-0.15, -0.1) is 11.3 Å². The van der Waals surface area contributed by atoms with E-state index in [4.69, 9.17) is 4.74 Å². The summed E-state index contributed by atoms with van der Waals surface area (Å²) in [6.45, 7) is 10.00. The summed E-state index contributed by atoms with van der Waals surface area (Å²) < 4.78 is 5.82. The summed E-state index contributed by atoms with van der Waals surface area (Å²) in [6.07, 6.45) is 0.152. The molecular weight excluding hydrogens is 262 g/mol. The molecule has 1 aromatic heterocycles. The van der Waals surface area contributed by atoms with E-state index in [1.807, 2.05) is 19.2 Å². The molecule has 0 aromatic carbocycles. The zero-order valence-corrected chi connectivity index (χ0v) is 12.7. The van der Waals surface area contributed by atoms with E-state index < -0.39 is 0 Å². The van der Waals surface area contributed by atoms with Crippen molar-refractivity contribution in [2.45, 2.75) is 39.4 Å². The minimum absolute atomic E-state index is 0.0146. The van der Waals surface area contributed by atoms with Gasteiger partial charge < -0.3 is 10.1 Å². The summed E-state index contributed by atoms with van der Waals surface area (Å²) in [6, 6.07) is 0. The zero-order valence-electron chi connectivity index (χ0n) is 11.9. The molecule has 1 atom stereocenters. The first-order valence-electron chi connectivity index (χ1n) is 6.46. The number of thiazole rings is 1. The molecule has 1 aliphatic rings. The van der Waals surface area contributed by atoms with Gasteiger partial charge in [0.1, 0.15) is 0 Å². The zero-order chi connectivity index (χ0) is 14.0. The summed E-state index contributed by atoms with van der Waals surface area (Å²) in [7, 11) is 0. The lowest BCUT2D eigenvalue weighted by Crippen LogP contribution is -2.53. The molecule has 1 fully saturated rings. The second kappa shape index (κ2) is 5.56. The topological polar surface area (TPSA) is 54.5 Å². The van der Waals surface area contributed by atoms with Crippen molar-refractivity contribution in [2.75, 3.05) is 25.0 Å². The first-order valence-corrected chi connectivity index (χ1v) is 7.34. The number of hydrogen-bond acceptors (Lipinski definition) is 5. The number of ether oxygens (including phenoxy) is 1. The van der Waals surface area contributed by atoms with Crippen molar-refractivity contribution >= 4 is 22.4 Å². The maximum Gasteiger partial charge on any atom is 0.240 e. The number of nitrogens with zero attached hydrogens (tertiary/aromatic N) is 2. The number of nitrogens with one attached hydrogen (secondary N) is 1. The fraction of sp³-hybridized carbons (Fsp3) is 0.692. The molecule has 1 amide bonds. The highest BCUT2D eigenvalue weighted by Crippen LogP contribution is 2.20. The maximum absolute atomic E-state index is 12.0. The second-order valence-corrected chi connectivity index (χ2v) is 6.56. The number of aromatic nitrogens is 1. The molecule has 2 rings (SSSR count). The number of rotatable bonds is 3. The summed E-state index contributed by atoms with van der Waals surface area (Å²) >= 11 is 1.45. The number of anilines is 1. The minimum atomic E-state index is -0.199. The van der Waals surface area contributed by atoms with Crippen molar-refractivity contribution in [3.8, 4) is 0 Å². The summed E-state index contributed by atoms with van der Waals surface area (Å²) in [4.78, 5) is 18.3. The van der Waals surface area contributed by atoms with Gasteiger partial charge in [0.25, 0.3) is 0 Å². The predicted octanol–water partition coefficient (Wildman–Crippen LogP) is 1.89. The Morgan fingerprint density at radius 2 is 2.42 bits per heavy atom. The molecule has 2 heterocycles. The molecule has 106 valence electrons. The first-order chi connectivity index (χ1) is 8.84. The SMILES string of the molecule is Cc1csc(NC(=O)CN2CC(C)OC(C)(C)C2)n1. The van der Waals surface area contributed by atoms with Crippen LogP contribution < -0.4 is 5.32 Å². The predicted molar refractivity (Wildman–Crippen MR) is 76.5 cm³/mol. The number of aryl methyl sites for hydroxylation is 1. The summed E-state index contributed by atoms with van der Waals surface area (Å²) in [5.41, 5.74) is 0.733. The molecule has 19 heavy (non-hydrogen) atoms. The molecule has 0 saturated carbocycles. The van der Waals surface area contributed by atoms with Crippen molar-refractivity contribution in [3.05, 3.63) is 11.1 Å². The highest BCUT2D eigenvalue weighted by molar-refractivity contribution is 7.13. The minimum Gasteiger partial charge on any atom is -0.370 e. The normalized spacial score (nSPS) is 23.3. The second-order valence-electron chi connectivity index (χ2n) is 5.70. The van der Waals surface area contributed by atoms with E-state index in [1.165, 1.54) is 11.3 Å². The fourth-order valence-electron chi connectivity index (χ4n) is 2.48. The summed E-state index contributed by atoms with van der Waals surface area (Å²) in [5.74, 6) is -0.0146. The molecule has 1 aromatic rings. The van der Waals surface area contributed by atoms with Gasteiger partial charge in [-0.2, -0.15) is 0 Å². The number of carbonyl (C=O) groups excluding carboxylic acids is 1. The number of morpholine rings is 1. The smallest absolute Gasteiger partial charge is 0.240 e. The Morgan fingerprint density at radius 3 is 3.00 bits per heavy atom. The molecule has 5 nitrogen and oxygen atoms in total. The fourth-order valence-corrected chi connectivity index (χ4v) is 3.18. The highest BCUT2D eigenvalue weighted by Gasteiger charge is 2.32. The Balaban J connectivity index is 1.88. The van der Waals surface area contributed by atoms with Gasteiger partial charge in [-0.3, -0.25) is 9.69 Å². The van der Waals surface area contributed by atoms with Gasteiger partial charge in [0.2, 0.25) is 5.91 Å². The van der Waals surface area contributed by atoms with Gasteiger partial charge in [-0.05, 0) is 27.7 Å². The van der Waals surface area contributed by atoms with Crippen molar-refractivity contribution in [1.82, 2.24) is 9.88 Å². The third-order valence-electron chi connectivity index (χ3n) is 2.87. The molecule has 1 saturated heterocycles. The van der Waals surface area contributed by atoms with E-state index in [-0.39, 0.29) is 17.6 Å². The van der Waals surface area contributed by atoms with E-state index in [2.05, 4.69) is 29.0 Å². The first kappa shape index (κ1) is 14.4. The van der Waals surface area contributed by atoms with Gasteiger partial charge in [-0.1, -0.05) is 0 Å². The lowest BCUT2D eigenvalue weighted by molar-refractivity contribution is -0.136. The Hall–Kier alpha value is -0.980. The standard InChI is InChI=1S/C13H21N3O2S/c1-9-7-19-12(14-9)15-11(17)6-16-5-10(2)18-13(3,4)8-16/h7,10H,5-6,8H2,1-4H3,(H,14,15,17). The molecule has 0 radical (unpaired) electrons.